The van der Waals surface area contributed by atoms with Crippen LogP contribution in [0.4, 0.5) is 0 Å². The quantitative estimate of drug-likeness (QED) is 0.508. The van der Waals surface area contributed by atoms with Gasteiger partial charge in [-0.3, -0.25) is 0 Å². The smallest absolute Gasteiger partial charge is 0.338 e. The van der Waals surface area contributed by atoms with Gasteiger partial charge >= 0.3 is 5.97 Å². The van der Waals surface area contributed by atoms with Gasteiger partial charge in [-0.25, -0.2) is 14.8 Å². The van der Waals surface area contributed by atoms with Crippen molar-refractivity contribution in [3.8, 4) is 11.5 Å². The number of H-pyrrole nitrogens is 1. The summed E-state index contributed by atoms with van der Waals surface area (Å²) in [4.78, 5) is 24.1. The lowest BCUT2D eigenvalue weighted by molar-refractivity contribution is 0.0322. The number of ether oxygens (including phenoxy) is 1. The van der Waals surface area contributed by atoms with Gasteiger partial charge in [0.15, 0.2) is 11.8 Å². The SMILES string of the molecule is CC(OC(=O)c1cccc(-c2nnco2)c1)c1nc2ncc(Br)cc2[nH]1. The van der Waals surface area contributed by atoms with E-state index < -0.39 is 12.1 Å². The van der Waals surface area contributed by atoms with Crippen molar-refractivity contribution in [3.63, 3.8) is 0 Å². The van der Waals surface area contributed by atoms with Gasteiger partial charge in [-0.15, -0.1) is 10.2 Å². The number of nitrogens with zero attached hydrogens (tertiary/aromatic N) is 4. The third-order valence-electron chi connectivity index (χ3n) is 3.70. The van der Waals surface area contributed by atoms with Crippen LogP contribution >= 0.6 is 15.9 Å². The second-order valence-corrected chi connectivity index (χ2v) is 6.43. The number of fused-ring (bicyclic) bond motifs is 1. The van der Waals surface area contributed by atoms with Crippen molar-refractivity contribution in [3.05, 3.63) is 58.8 Å². The average molecular weight is 414 g/mol. The average Bonchev–Trinajstić information content (AvgIpc) is 3.31. The van der Waals surface area contributed by atoms with Crippen molar-refractivity contribution in [2.45, 2.75) is 13.0 Å². The fraction of sp³-hybridized carbons (Fsp3) is 0.118. The summed E-state index contributed by atoms with van der Waals surface area (Å²) in [6, 6.07) is 8.66. The number of hydrogen-bond acceptors (Lipinski definition) is 7. The van der Waals surface area contributed by atoms with Crippen LogP contribution < -0.4 is 0 Å². The van der Waals surface area contributed by atoms with Gasteiger partial charge in [0.1, 0.15) is 5.82 Å². The van der Waals surface area contributed by atoms with Gasteiger partial charge in [0.2, 0.25) is 12.3 Å². The first-order valence-corrected chi connectivity index (χ1v) is 8.48. The minimum absolute atomic E-state index is 0.335. The molecule has 3 heterocycles. The van der Waals surface area contributed by atoms with Gasteiger partial charge in [0.25, 0.3) is 0 Å². The van der Waals surface area contributed by atoms with E-state index in [0.717, 1.165) is 9.99 Å². The molecule has 26 heavy (non-hydrogen) atoms. The van der Waals surface area contributed by atoms with Gasteiger partial charge < -0.3 is 14.1 Å². The molecule has 0 radical (unpaired) electrons. The molecule has 0 aliphatic carbocycles. The number of carbonyl (C=O) groups excluding carboxylic acids is 1. The van der Waals surface area contributed by atoms with Gasteiger partial charge in [-0.1, -0.05) is 6.07 Å². The number of nitrogens with one attached hydrogen (secondary N) is 1. The van der Waals surface area contributed by atoms with Crippen LogP contribution in [0.2, 0.25) is 0 Å². The maximum Gasteiger partial charge on any atom is 0.338 e. The second kappa shape index (κ2) is 6.68. The van der Waals surface area contributed by atoms with Crippen molar-refractivity contribution in [1.82, 2.24) is 25.1 Å². The van der Waals surface area contributed by atoms with E-state index in [0.29, 0.717) is 28.5 Å². The number of pyridine rings is 1. The zero-order chi connectivity index (χ0) is 18.1. The summed E-state index contributed by atoms with van der Waals surface area (Å²) in [5.41, 5.74) is 2.34. The summed E-state index contributed by atoms with van der Waals surface area (Å²) in [6.45, 7) is 1.74. The number of esters is 1. The first-order valence-electron chi connectivity index (χ1n) is 7.69. The molecular weight excluding hydrogens is 402 g/mol. The minimum atomic E-state index is -0.567. The highest BCUT2D eigenvalue weighted by Gasteiger charge is 2.18. The summed E-state index contributed by atoms with van der Waals surface area (Å²) in [5.74, 6) is 0.377. The maximum atomic E-state index is 12.5. The van der Waals surface area contributed by atoms with Crippen molar-refractivity contribution in [2.75, 3.05) is 0 Å². The van der Waals surface area contributed by atoms with E-state index in [9.17, 15) is 4.79 Å². The molecule has 1 aromatic carbocycles. The van der Waals surface area contributed by atoms with E-state index in [1.807, 2.05) is 6.07 Å². The van der Waals surface area contributed by atoms with E-state index in [4.69, 9.17) is 9.15 Å². The Labute approximate surface area is 155 Å². The summed E-state index contributed by atoms with van der Waals surface area (Å²) in [7, 11) is 0. The number of halogens is 1. The molecule has 0 spiro atoms. The Bertz CT molecular complexity index is 1080. The normalized spacial score (nSPS) is 12.2. The lowest BCUT2D eigenvalue weighted by atomic mass is 10.1. The molecule has 8 nitrogen and oxygen atoms in total. The molecule has 0 bridgehead atoms. The van der Waals surface area contributed by atoms with Crippen LogP contribution in [0, 0.1) is 0 Å². The number of aromatic nitrogens is 5. The maximum absolute atomic E-state index is 12.5. The number of rotatable bonds is 4. The first-order chi connectivity index (χ1) is 12.6. The molecule has 0 saturated heterocycles. The molecule has 130 valence electrons. The fourth-order valence-electron chi connectivity index (χ4n) is 2.45. The molecule has 0 fully saturated rings. The lowest BCUT2D eigenvalue weighted by Gasteiger charge is -2.11. The zero-order valence-electron chi connectivity index (χ0n) is 13.5. The zero-order valence-corrected chi connectivity index (χ0v) is 15.1. The van der Waals surface area contributed by atoms with Crippen LogP contribution in [-0.2, 0) is 4.74 Å². The Morgan fingerprint density at radius 1 is 1.35 bits per heavy atom. The molecule has 1 unspecified atom stereocenters. The molecule has 9 heteroatoms. The summed E-state index contributed by atoms with van der Waals surface area (Å²) in [6.07, 6.45) is 2.32. The van der Waals surface area contributed by atoms with Crippen molar-refractivity contribution < 1.29 is 13.9 Å². The van der Waals surface area contributed by atoms with Crippen molar-refractivity contribution >= 4 is 33.1 Å². The van der Waals surface area contributed by atoms with Crippen LogP contribution in [0.25, 0.3) is 22.6 Å². The van der Waals surface area contributed by atoms with Crippen LogP contribution in [0.1, 0.15) is 29.2 Å². The Balaban J connectivity index is 1.54. The minimum Gasteiger partial charge on any atom is -0.451 e. The molecule has 1 N–H and O–H groups in total. The van der Waals surface area contributed by atoms with Crippen LogP contribution in [0.3, 0.4) is 0 Å². The van der Waals surface area contributed by atoms with E-state index >= 15 is 0 Å². The third-order valence-corrected chi connectivity index (χ3v) is 4.13. The highest BCUT2D eigenvalue weighted by molar-refractivity contribution is 9.10. The summed E-state index contributed by atoms with van der Waals surface area (Å²) >= 11 is 3.36. The second-order valence-electron chi connectivity index (χ2n) is 5.52. The predicted octanol–water partition coefficient (Wildman–Crippen LogP) is 3.69. The molecule has 4 rings (SSSR count). The third kappa shape index (κ3) is 3.21. The van der Waals surface area contributed by atoms with Crippen molar-refractivity contribution in [2.24, 2.45) is 0 Å². The lowest BCUT2D eigenvalue weighted by Crippen LogP contribution is -2.10. The number of carbonyl (C=O) groups is 1. The molecule has 3 aromatic heterocycles. The van der Waals surface area contributed by atoms with E-state index in [1.54, 1.807) is 37.4 Å². The van der Waals surface area contributed by atoms with Crippen LogP contribution in [0.15, 0.2) is 51.8 Å². The Kier molecular flexibility index (Phi) is 4.21. The van der Waals surface area contributed by atoms with Gasteiger partial charge in [-0.05, 0) is 47.1 Å². The molecule has 0 aliphatic rings. The van der Waals surface area contributed by atoms with Crippen LogP contribution in [0.5, 0.6) is 0 Å². The number of benzene rings is 1. The summed E-state index contributed by atoms with van der Waals surface area (Å²) < 4.78 is 11.5. The molecule has 1 atom stereocenters. The fourth-order valence-corrected chi connectivity index (χ4v) is 2.78. The van der Waals surface area contributed by atoms with Crippen LogP contribution in [-0.4, -0.2) is 31.1 Å². The van der Waals surface area contributed by atoms with E-state index in [-0.39, 0.29) is 0 Å². The Morgan fingerprint density at radius 3 is 3.04 bits per heavy atom. The molecule has 0 saturated carbocycles. The standard InChI is InChI=1S/C17H12BrN5O3/c1-9(14-21-13-6-12(18)7-19-15(13)22-14)26-17(24)11-4-2-3-10(5-11)16-23-20-8-25-16/h2-9H,1H3,(H,19,21,22). The molecule has 0 amide bonds. The predicted molar refractivity (Wildman–Crippen MR) is 95.2 cm³/mol. The van der Waals surface area contributed by atoms with Gasteiger partial charge in [0, 0.05) is 16.2 Å². The molecule has 0 aliphatic heterocycles. The van der Waals surface area contributed by atoms with Gasteiger partial charge in [0.05, 0.1) is 11.1 Å². The van der Waals surface area contributed by atoms with E-state index in [1.165, 1.54) is 6.39 Å². The monoisotopic (exact) mass is 413 g/mol. The molecular formula is C17H12BrN5O3. The molecule has 4 aromatic rings. The highest BCUT2D eigenvalue weighted by atomic mass is 79.9. The summed E-state index contributed by atoms with van der Waals surface area (Å²) in [5, 5.41) is 7.47. The number of aromatic amines is 1. The number of imidazole rings is 1. The topological polar surface area (TPSA) is 107 Å². The Morgan fingerprint density at radius 2 is 2.23 bits per heavy atom. The highest BCUT2D eigenvalue weighted by Crippen LogP contribution is 2.22. The Hall–Kier alpha value is -3.07. The number of hydrogen-bond donors (Lipinski definition) is 1. The largest absolute Gasteiger partial charge is 0.451 e. The first kappa shape index (κ1) is 16.4. The van der Waals surface area contributed by atoms with Gasteiger partial charge in [-0.2, -0.15) is 0 Å². The van der Waals surface area contributed by atoms with E-state index in [2.05, 4.69) is 41.1 Å². The van der Waals surface area contributed by atoms with Crippen molar-refractivity contribution in [1.29, 1.82) is 0 Å².